The molecule has 1 amide bonds. The van der Waals surface area contributed by atoms with Crippen molar-refractivity contribution < 1.29 is 4.79 Å². The normalized spacial score (nSPS) is 11.4. The monoisotopic (exact) mass is 528 g/mol. The van der Waals surface area contributed by atoms with Crippen LogP contribution in [0.4, 0.5) is 0 Å². The van der Waals surface area contributed by atoms with Crippen molar-refractivity contribution in [2.24, 2.45) is 4.99 Å². The summed E-state index contributed by atoms with van der Waals surface area (Å²) >= 11 is 6.19. The van der Waals surface area contributed by atoms with Crippen LogP contribution in [0.1, 0.15) is 42.3 Å². The van der Waals surface area contributed by atoms with Crippen LogP contribution in [0.25, 0.3) is 0 Å². The molecule has 0 aliphatic heterocycles. The molecule has 0 spiro atoms. The molecule has 0 aliphatic carbocycles. The number of aliphatic imine (C=N–C) groups is 1. The Balaban J connectivity index is 0.00000420. The van der Waals surface area contributed by atoms with Crippen molar-refractivity contribution in [3.05, 3.63) is 70.2 Å². The standard InChI is InChI=1S/C22H29ClN4O.HI/c1-22(2,3)27-20(28)18-10-7-8-16(14-18)15-26-21(24-4)25-13-12-17-9-5-6-11-19(17)23;/h5-11,14H,12-13,15H2,1-4H3,(H,27,28)(H2,24,25,26);1H. The molecule has 158 valence electrons. The molecule has 0 atom stereocenters. The van der Waals surface area contributed by atoms with E-state index < -0.39 is 0 Å². The lowest BCUT2D eigenvalue weighted by molar-refractivity contribution is 0.0919. The second kappa shape index (κ2) is 12.0. The number of carbonyl (C=O) groups is 1. The number of nitrogens with zero attached hydrogens (tertiary/aromatic N) is 1. The molecule has 0 heterocycles. The molecule has 2 aromatic rings. The first-order valence-corrected chi connectivity index (χ1v) is 9.75. The van der Waals surface area contributed by atoms with Crippen LogP contribution >= 0.6 is 35.6 Å². The van der Waals surface area contributed by atoms with E-state index >= 15 is 0 Å². The molecule has 0 unspecified atom stereocenters. The van der Waals surface area contributed by atoms with Crippen molar-refractivity contribution >= 4 is 47.4 Å². The van der Waals surface area contributed by atoms with Gasteiger partial charge in [-0.2, -0.15) is 0 Å². The highest BCUT2D eigenvalue weighted by Gasteiger charge is 2.15. The van der Waals surface area contributed by atoms with Gasteiger partial charge in [0.2, 0.25) is 0 Å². The SMILES string of the molecule is CN=C(NCCc1ccccc1Cl)NCc1cccc(C(=O)NC(C)(C)C)c1.I. The Kier molecular flexibility index (Phi) is 10.5. The number of carbonyl (C=O) groups excluding carboxylic acids is 1. The topological polar surface area (TPSA) is 65.5 Å². The molecule has 2 aromatic carbocycles. The van der Waals surface area contributed by atoms with Gasteiger partial charge in [-0.25, -0.2) is 0 Å². The van der Waals surface area contributed by atoms with Gasteiger partial charge in [-0.05, 0) is 56.5 Å². The van der Waals surface area contributed by atoms with Crippen LogP contribution in [-0.4, -0.2) is 31.0 Å². The molecule has 3 N–H and O–H groups in total. The second-order valence-electron chi connectivity index (χ2n) is 7.60. The van der Waals surface area contributed by atoms with Crippen LogP contribution in [0.2, 0.25) is 5.02 Å². The van der Waals surface area contributed by atoms with E-state index in [1.807, 2.05) is 69.3 Å². The highest BCUT2D eigenvalue weighted by atomic mass is 127. The first-order chi connectivity index (χ1) is 13.3. The molecule has 0 saturated carbocycles. The fourth-order valence-electron chi connectivity index (χ4n) is 2.66. The maximum absolute atomic E-state index is 12.3. The number of halogens is 2. The summed E-state index contributed by atoms with van der Waals surface area (Å²) in [6.45, 7) is 7.19. The minimum Gasteiger partial charge on any atom is -0.356 e. The van der Waals surface area contributed by atoms with Gasteiger partial charge in [0.05, 0.1) is 0 Å². The molecule has 0 fully saturated rings. The third kappa shape index (κ3) is 9.04. The van der Waals surface area contributed by atoms with Crippen LogP contribution in [0.3, 0.4) is 0 Å². The number of hydrogen-bond acceptors (Lipinski definition) is 2. The van der Waals surface area contributed by atoms with E-state index in [0.29, 0.717) is 18.1 Å². The van der Waals surface area contributed by atoms with E-state index in [4.69, 9.17) is 11.6 Å². The molecular weight excluding hydrogens is 499 g/mol. The summed E-state index contributed by atoms with van der Waals surface area (Å²) < 4.78 is 0. The van der Waals surface area contributed by atoms with E-state index in [0.717, 1.165) is 29.1 Å². The third-order valence-corrected chi connectivity index (χ3v) is 4.37. The average molecular weight is 529 g/mol. The minimum atomic E-state index is -0.265. The molecule has 2 rings (SSSR count). The van der Waals surface area contributed by atoms with Gasteiger partial charge in [0.15, 0.2) is 5.96 Å². The summed E-state index contributed by atoms with van der Waals surface area (Å²) in [5, 5.41) is 10.3. The van der Waals surface area contributed by atoms with Crippen molar-refractivity contribution in [2.45, 2.75) is 39.3 Å². The number of benzene rings is 2. The van der Waals surface area contributed by atoms with Crippen molar-refractivity contribution in [1.82, 2.24) is 16.0 Å². The summed E-state index contributed by atoms with van der Waals surface area (Å²) in [6, 6.07) is 15.4. The lowest BCUT2D eigenvalue weighted by Gasteiger charge is -2.20. The zero-order valence-corrected chi connectivity index (χ0v) is 20.5. The first-order valence-electron chi connectivity index (χ1n) is 9.38. The predicted molar refractivity (Wildman–Crippen MR) is 132 cm³/mol. The van der Waals surface area contributed by atoms with Crippen molar-refractivity contribution in [2.75, 3.05) is 13.6 Å². The number of rotatable bonds is 6. The van der Waals surface area contributed by atoms with Gasteiger partial charge >= 0.3 is 0 Å². The second-order valence-corrected chi connectivity index (χ2v) is 8.01. The van der Waals surface area contributed by atoms with E-state index in [9.17, 15) is 4.79 Å². The van der Waals surface area contributed by atoms with E-state index in [1.54, 1.807) is 7.05 Å². The lowest BCUT2D eigenvalue weighted by atomic mass is 10.1. The van der Waals surface area contributed by atoms with Crippen LogP contribution < -0.4 is 16.0 Å². The van der Waals surface area contributed by atoms with Crippen molar-refractivity contribution in [1.29, 1.82) is 0 Å². The maximum atomic E-state index is 12.3. The summed E-state index contributed by atoms with van der Waals surface area (Å²) in [4.78, 5) is 16.6. The van der Waals surface area contributed by atoms with Gasteiger partial charge in [0.1, 0.15) is 0 Å². The minimum absolute atomic E-state index is 0. The molecule has 0 aromatic heterocycles. The van der Waals surface area contributed by atoms with E-state index in [-0.39, 0.29) is 35.4 Å². The Morgan fingerprint density at radius 3 is 2.45 bits per heavy atom. The van der Waals surface area contributed by atoms with E-state index in [2.05, 4.69) is 20.9 Å². The fourth-order valence-corrected chi connectivity index (χ4v) is 2.89. The lowest BCUT2D eigenvalue weighted by Crippen LogP contribution is -2.40. The number of hydrogen-bond donors (Lipinski definition) is 3. The quantitative estimate of drug-likeness (QED) is 0.296. The maximum Gasteiger partial charge on any atom is 0.251 e. The van der Waals surface area contributed by atoms with Crippen LogP contribution in [0, 0.1) is 0 Å². The molecule has 5 nitrogen and oxygen atoms in total. The van der Waals surface area contributed by atoms with Gasteiger partial charge in [-0.3, -0.25) is 9.79 Å². The molecule has 29 heavy (non-hydrogen) atoms. The van der Waals surface area contributed by atoms with E-state index in [1.165, 1.54) is 0 Å². The highest BCUT2D eigenvalue weighted by molar-refractivity contribution is 14.0. The molecule has 0 aliphatic rings. The Hall–Kier alpha value is -1.80. The Morgan fingerprint density at radius 2 is 1.79 bits per heavy atom. The summed E-state index contributed by atoms with van der Waals surface area (Å²) in [5.74, 6) is 0.633. The zero-order valence-electron chi connectivity index (χ0n) is 17.4. The van der Waals surface area contributed by atoms with Gasteiger partial charge in [-0.1, -0.05) is 41.9 Å². The Morgan fingerprint density at radius 1 is 1.07 bits per heavy atom. The summed E-state index contributed by atoms with van der Waals surface area (Å²) in [6.07, 6.45) is 0.808. The first kappa shape index (κ1) is 25.2. The van der Waals surface area contributed by atoms with Crippen LogP contribution in [0.15, 0.2) is 53.5 Å². The zero-order chi connectivity index (χ0) is 20.6. The van der Waals surface area contributed by atoms with Crippen molar-refractivity contribution in [3.8, 4) is 0 Å². The van der Waals surface area contributed by atoms with Crippen molar-refractivity contribution in [3.63, 3.8) is 0 Å². The molecule has 0 bridgehead atoms. The average Bonchev–Trinajstić information content (AvgIpc) is 2.65. The van der Waals surface area contributed by atoms with Gasteiger partial charge < -0.3 is 16.0 Å². The van der Waals surface area contributed by atoms with Gasteiger partial charge in [0, 0.05) is 36.3 Å². The number of nitrogens with one attached hydrogen (secondary N) is 3. The fraction of sp³-hybridized carbons (Fsp3) is 0.364. The van der Waals surface area contributed by atoms with Gasteiger partial charge in [0.25, 0.3) is 5.91 Å². The molecule has 0 radical (unpaired) electrons. The third-order valence-electron chi connectivity index (χ3n) is 4.01. The Labute approximate surface area is 195 Å². The number of guanidine groups is 1. The summed E-state index contributed by atoms with van der Waals surface area (Å²) in [5.41, 5.74) is 2.50. The Bertz CT molecular complexity index is 834. The molecule has 7 heteroatoms. The van der Waals surface area contributed by atoms with Crippen LogP contribution in [0.5, 0.6) is 0 Å². The largest absolute Gasteiger partial charge is 0.356 e. The van der Waals surface area contributed by atoms with Crippen LogP contribution in [-0.2, 0) is 13.0 Å². The summed E-state index contributed by atoms with van der Waals surface area (Å²) in [7, 11) is 1.73. The molecular formula is C22H30ClIN4O. The predicted octanol–water partition coefficient (Wildman–Crippen LogP) is 4.39. The smallest absolute Gasteiger partial charge is 0.251 e. The molecule has 0 saturated heterocycles. The number of amides is 1. The van der Waals surface area contributed by atoms with Gasteiger partial charge in [-0.15, -0.1) is 24.0 Å². The highest BCUT2D eigenvalue weighted by Crippen LogP contribution is 2.14.